The van der Waals surface area contributed by atoms with Gasteiger partial charge in [0.1, 0.15) is 18.2 Å². The van der Waals surface area contributed by atoms with Crippen LogP contribution in [0.25, 0.3) is 0 Å². The van der Waals surface area contributed by atoms with Crippen LogP contribution in [0.4, 0.5) is 20.7 Å². The fraction of sp³-hybridized carbons (Fsp3) is 0.435. The Morgan fingerprint density at radius 1 is 1.13 bits per heavy atom. The fourth-order valence-corrected chi connectivity index (χ4v) is 4.25. The molecule has 1 atom stereocenters. The fourth-order valence-electron chi connectivity index (χ4n) is 4.25. The Morgan fingerprint density at radius 3 is 2.48 bits per heavy atom. The van der Waals surface area contributed by atoms with Crippen LogP contribution in [0, 0.1) is 5.82 Å². The highest BCUT2D eigenvalue weighted by molar-refractivity contribution is 5.96. The molecule has 2 saturated heterocycles. The first-order chi connectivity index (χ1) is 15.0. The number of anilines is 2. The lowest BCUT2D eigenvalue weighted by Crippen LogP contribution is -2.49. The summed E-state index contributed by atoms with van der Waals surface area (Å²) in [6.45, 7) is 4.40. The molecule has 31 heavy (non-hydrogen) atoms. The van der Waals surface area contributed by atoms with E-state index in [2.05, 4.69) is 16.0 Å². The lowest BCUT2D eigenvalue weighted by Gasteiger charge is -2.35. The minimum Gasteiger partial charge on any atom is -0.447 e. The van der Waals surface area contributed by atoms with Crippen LogP contribution >= 0.6 is 0 Å². The average molecular weight is 424 g/mol. The van der Waals surface area contributed by atoms with E-state index in [0.29, 0.717) is 37.8 Å². The Kier molecular flexibility index (Phi) is 5.00. The van der Waals surface area contributed by atoms with Crippen molar-refractivity contribution in [2.45, 2.75) is 31.7 Å². The molecular weight excluding hydrogens is 399 g/mol. The molecule has 2 amide bonds. The first-order valence-electron chi connectivity index (χ1n) is 10.8. The van der Waals surface area contributed by atoms with E-state index >= 15 is 0 Å². The smallest absolute Gasteiger partial charge is 0.414 e. The van der Waals surface area contributed by atoms with Crippen molar-refractivity contribution < 1.29 is 18.7 Å². The van der Waals surface area contributed by atoms with Crippen LogP contribution in [0.5, 0.6) is 0 Å². The number of amides is 2. The van der Waals surface area contributed by atoms with Crippen molar-refractivity contribution in [3.05, 3.63) is 53.5 Å². The van der Waals surface area contributed by atoms with Crippen molar-refractivity contribution in [3.8, 4) is 0 Å². The summed E-state index contributed by atoms with van der Waals surface area (Å²) in [6, 6.07) is 8.31. The van der Waals surface area contributed by atoms with Gasteiger partial charge in [0.2, 0.25) is 0 Å². The Labute approximate surface area is 180 Å². The third kappa shape index (κ3) is 3.82. The minimum atomic E-state index is -0.630. The summed E-state index contributed by atoms with van der Waals surface area (Å²) in [7, 11) is 0. The van der Waals surface area contributed by atoms with Gasteiger partial charge in [-0.2, -0.15) is 0 Å². The number of carbonyl (C=O) groups is 2. The van der Waals surface area contributed by atoms with Crippen molar-refractivity contribution in [2.24, 2.45) is 0 Å². The van der Waals surface area contributed by atoms with Gasteiger partial charge in [0, 0.05) is 32.4 Å². The molecule has 3 fully saturated rings. The van der Waals surface area contributed by atoms with Crippen molar-refractivity contribution in [2.75, 3.05) is 42.6 Å². The van der Waals surface area contributed by atoms with Crippen LogP contribution in [-0.2, 0) is 4.74 Å². The number of aromatic nitrogens is 1. The molecule has 1 aromatic carbocycles. The molecule has 1 aliphatic carbocycles. The van der Waals surface area contributed by atoms with Crippen molar-refractivity contribution >= 4 is 23.5 Å². The van der Waals surface area contributed by atoms with Gasteiger partial charge in [-0.3, -0.25) is 9.69 Å². The van der Waals surface area contributed by atoms with E-state index < -0.39 is 11.9 Å². The van der Waals surface area contributed by atoms with Gasteiger partial charge in [-0.15, -0.1) is 0 Å². The predicted molar refractivity (Wildman–Crippen MR) is 114 cm³/mol. The standard InChI is InChI=1S/C23H25FN4O3/c1-15-14-31-23(30)28(15)18-5-6-19(20(24)12-18)22(29)27-10-8-26(9-11-27)21-7-4-17(13-25-21)16-2-3-16/h4-7,12-13,15-16H,2-3,8-11,14H2,1H3. The van der Waals surface area contributed by atoms with Crippen LogP contribution in [-0.4, -0.2) is 60.7 Å². The van der Waals surface area contributed by atoms with Gasteiger partial charge in [0.25, 0.3) is 5.91 Å². The number of halogens is 1. The summed E-state index contributed by atoms with van der Waals surface area (Å²) in [6.07, 6.45) is 3.96. The van der Waals surface area contributed by atoms with Gasteiger partial charge >= 0.3 is 6.09 Å². The van der Waals surface area contributed by atoms with Crippen LogP contribution in [0.3, 0.4) is 0 Å². The highest BCUT2D eigenvalue weighted by Gasteiger charge is 2.32. The van der Waals surface area contributed by atoms with E-state index in [1.54, 1.807) is 11.0 Å². The SMILES string of the molecule is CC1COC(=O)N1c1ccc(C(=O)N2CCN(c3ccc(C4CC4)cn3)CC2)c(F)c1. The van der Waals surface area contributed by atoms with E-state index in [-0.39, 0.29) is 24.1 Å². The van der Waals surface area contributed by atoms with Crippen molar-refractivity contribution in [1.29, 1.82) is 0 Å². The highest BCUT2D eigenvalue weighted by Crippen LogP contribution is 2.39. The zero-order valence-electron chi connectivity index (χ0n) is 17.5. The van der Waals surface area contributed by atoms with Crippen molar-refractivity contribution in [3.63, 3.8) is 0 Å². The van der Waals surface area contributed by atoms with Crippen molar-refractivity contribution in [1.82, 2.24) is 9.88 Å². The second-order valence-corrected chi connectivity index (χ2v) is 8.46. The molecule has 0 spiro atoms. The Hall–Kier alpha value is -3.16. The van der Waals surface area contributed by atoms with Gasteiger partial charge in [-0.05, 0) is 55.5 Å². The maximum absolute atomic E-state index is 14.8. The molecule has 1 saturated carbocycles. The predicted octanol–water partition coefficient (Wildman–Crippen LogP) is 3.41. The molecule has 2 aliphatic heterocycles. The number of pyridine rings is 1. The Morgan fingerprint density at radius 2 is 1.90 bits per heavy atom. The largest absolute Gasteiger partial charge is 0.447 e. The molecular formula is C23H25FN4O3. The molecule has 2 aromatic rings. The number of ether oxygens (including phenoxy) is 1. The van der Waals surface area contributed by atoms with Gasteiger partial charge in [0.15, 0.2) is 0 Å². The topological polar surface area (TPSA) is 66.0 Å². The van der Waals surface area contributed by atoms with E-state index in [1.807, 2.05) is 19.2 Å². The number of hydrogen-bond donors (Lipinski definition) is 0. The molecule has 3 heterocycles. The summed E-state index contributed by atoms with van der Waals surface area (Å²) in [5.41, 5.74) is 1.71. The highest BCUT2D eigenvalue weighted by atomic mass is 19.1. The molecule has 3 aliphatic rings. The summed E-state index contributed by atoms with van der Waals surface area (Å²) in [5.74, 6) is 0.627. The third-order valence-corrected chi connectivity index (χ3v) is 6.26. The number of benzene rings is 1. The maximum Gasteiger partial charge on any atom is 0.414 e. The number of hydrogen-bond acceptors (Lipinski definition) is 5. The Balaban J connectivity index is 1.23. The molecule has 7 nitrogen and oxygen atoms in total. The monoisotopic (exact) mass is 424 g/mol. The molecule has 162 valence electrons. The van der Waals surface area contributed by atoms with E-state index in [4.69, 9.17) is 4.74 Å². The lowest BCUT2D eigenvalue weighted by molar-refractivity contribution is 0.0742. The van der Waals surface area contributed by atoms with E-state index in [0.717, 1.165) is 5.82 Å². The lowest BCUT2D eigenvalue weighted by atomic mass is 10.1. The second-order valence-electron chi connectivity index (χ2n) is 8.46. The second kappa shape index (κ2) is 7.83. The normalized spacial score (nSPS) is 21.4. The van der Waals surface area contributed by atoms with Crippen LogP contribution in [0.2, 0.25) is 0 Å². The van der Waals surface area contributed by atoms with Gasteiger partial charge in [0.05, 0.1) is 17.3 Å². The summed E-state index contributed by atoms with van der Waals surface area (Å²) in [5, 5.41) is 0. The number of carbonyl (C=O) groups excluding carboxylic acids is 2. The number of rotatable bonds is 4. The minimum absolute atomic E-state index is 0.0179. The van der Waals surface area contributed by atoms with Crippen LogP contribution in [0.15, 0.2) is 36.5 Å². The third-order valence-electron chi connectivity index (χ3n) is 6.26. The quantitative estimate of drug-likeness (QED) is 0.753. The molecule has 0 N–H and O–H groups in total. The Bertz CT molecular complexity index is 1000. The van der Waals surface area contributed by atoms with Crippen LogP contribution in [0.1, 0.15) is 41.6 Å². The first-order valence-corrected chi connectivity index (χ1v) is 10.8. The number of nitrogens with zero attached hydrogens (tertiary/aromatic N) is 4. The molecule has 8 heteroatoms. The number of cyclic esters (lactones) is 1. The van der Waals surface area contributed by atoms with Gasteiger partial charge in [-0.25, -0.2) is 14.2 Å². The van der Waals surface area contributed by atoms with Gasteiger partial charge in [-0.1, -0.05) is 6.07 Å². The average Bonchev–Trinajstić information content (AvgIpc) is 3.58. The molecule has 0 bridgehead atoms. The zero-order valence-corrected chi connectivity index (χ0v) is 17.5. The molecule has 1 unspecified atom stereocenters. The summed E-state index contributed by atoms with van der Waals surface area (Å²) in [4.78, 5) is 34.6. The maximum atomic E-state index is 14.8. The summed E-state index contributed by atoms with van der Waals surface area (Å²) < 4.78 is 19.8. The first kappa shape index (κ1) is 19.8. The number of piperazine rings is 1. The summed E-state index contributed by atoms with van der Waals surface area (Å²) >= 11 is 0. The van der Waals surface area contributed by atoms with Gasteiger partial charge < -0.3 is 14.5 Å². The van der Waals surface area contributed by atoms with E-state index in [9.17, 15) is 14.0 Å². The zero-order chi connectivity index (χ0) is 21.5. The molecule has 0 radical (unpaired) electrons. The van der Waals surface area contributed by atoms with E-state index in [1.165, 1.54) is 35.4 Å². The molecule has 5 rings (SSSR count). The van der Waals surface area contributed by atoms with Crippen LogP contribution < -0.4 is 9.80 Å². The molecule has 1 aromatic heterocycles.